The third kappa shape index (κ3) is 3.37. The molecule has 1 aromatic carbocycles. The van der Waals surface area contributed by atoms with Gasteiger partial charge in [-0.2, -0.15) is 0 Å². The first-order valence-corrected chi connectivity index (χ1v) is 10.6. The molecule has 1 fully saturated rings. The molecule has 0 unspecified atom stereocenters. The van der Waals surface area contributed by atoms with Crippen molar-refractivity contribution < 1.29 is 13.2 Å². The molecule has 3 heterocycles. The van der Waals surface area contributed by atoms with E-state index in [0.29, 0.717) is 10.7 Å². The number of nitrogens with one attached hydrogen (secondary N) is 2. The normalized spacial score (nSPS) is 15.0. The fourth-order valence-corrected chi connectivity index (χ4v) is 4.96. The lowest BCUT2D eigenvalue weighted by atomic mass is 10.3. The highest BCUT2D eigenvalue weighted by Crippen LogP contribution is 2.22. The number of nitrogens with zero attached hydrogens (tertiary/aromatic N) is 2. The van der Waals surface area contributed by atoms with E-state index in [2.05, 4.69) is 14.7 Å². The number of likely N-dealkylation sites (tertiary alicyclic amines) is 1. The highest BCUT2D eigenvalue weighted by molar-refractivity contribution is 7.89. The number of aromatic nitrogens is 2. The lowest BCUT2D eigenvalue weighted by Gasteiger charge is -2.13. The number of sulfonamides is 1. The summed E-state index contributed by atoms with van der Waals surface area (Å²) in [6.07, 6.45) is 3.33. The minimum atomic E-state index is -3.72. The Morgan fingerprint density at radius 1 is 1.27 bits per heavy atom. The van der Waals surface area contributed by atoms with Gasteiger partial charge in [-0.05, 0) is 31.0 Å². The standard InChI is InChI=1S/C17H18N4O3S2/c22-17(21-7-3-4-8-21)14-9-12(10-18-14)26(23,24)19-11-16-20-13-5-1-2-6-15(13)25-16/h1-2,5-6,9-10,18-19H,3-4,7-8,11H2. The molecule has 2 aromatic heterocycles. The molecule has 26 heavy (non-hydrogen) atoms. The van der Waals surface area contributed by atoms with Crippen molar-refractivity contribution in [1.29, 1.82) is 0 Å². The number of aromatic amines is 1. The first-order chi connectivity index (χ1) is 12.5. The summed E-state index contributed by atoms with van der Waals surface area (Å²) in [7, 11) is -3.72. The zero-order valence-corrected chi connectivity index (χ0v) is 15.6. The number of para-hydroxylation sites is 1. The third-order valence-electron chi connectivity index (χ3n) is 4.34. The van der Waals surface area contributed by atoms with E-state index < -0.39 is 10.0 Å². The number of thiazole rings is 1. The van der Waals surface area contributed by atoms with E-state index in [9.17, 15) is 13.2 Å². The van der Waals surface area contributed by atoms with Crippen molar-refractivity contribution in [3.05, 3.63) is 47.2 Å². The maximum absolute atomic E-state index is 12.5. The average molecular weight is 390 g/mol. The number of hydrogen-bond acceptors (Lipinski definition) is 5. The smallest absolute Gasteiger partial charge is 0.270 e. The number of H-pyrrole nitrogens is 1. The van der Waals surface area contributed by atoms with Gasteiger partial charge in [-0.25, -0.2) is 18.1 Å². The summed E-state index contributed by atoms with van der Waals surface area (Å²) in [6, 6.07) is 9.06. The third-order valence-corrected chi connectivity index (χ3v) is 6.76. The predicted molar refractivity (Wildman–Crippen MR) is 99.6 cm³/mol. The predicted octanol–water partition coefficient (Wildman–Crippen LogP) is 2.34. The number of rotatable bonds is 5. The van der Waals surface area contributed by atoms with E-state index in [-0.39, 0.29) is 17.3 Å². The zero-order chi connectivity index (χ0) is 18.1. The van der Waals surface area contributed by atoms with Gasteiger partial charge in [0.2, 0.25) is 10.0 Å². The van der Waals surface area contributed by atoms with Gasteiger partial charge >= 0.3 is 0 Å². The summed E-state index contributed by atoms with van der Waals surface area (Å²) >= 11 is 1.45. The Balaban J connectivity index is 1.47. The van der Waals surface area contributed by atoms with Crippen molar-refractivity contribution in [1.82, 2.24) is 19.6 Å². The van der Waals surface area contributed by atoms with Crippen LogP contribution in [0.25, 0.3) is 10.2 Å². The van der Waals surface area contributed by atoms with Crippen molar-refractivity contribution in [3.8, 4) is 0 Å². The topological polar surface area (TPSA) is 95.2 Å². The summed E-state index contributed by atoms with van der Waals surface area (Å²) < 4.78 is 28.6. The van der Waals surface area contributed by atoms with Crippen molar-refractivity contribution in [2.24, 2.45) is 0 Å². The van der Waals surface area contributed by atoms with E-state index in [0.717, 1.165) is 36.1 Å². The Bertz CT molecular complexity index is 1020. The fourth-order valence-electron chi connectivity index (χ4n) is 2.98. The maximum atomic E-state index is 12.5. The van der Waals surface area contributed by atoms with Gasteiger partial charge < -0.3 is 9.88 Å². The summed E-state index contributed by atoms with van der Waals surface area (Å²) in [4.78, 5) is 21.3. The molecular weight excluding hydrogens is 372 g/mol. The number of fused-ring (bicyclic) bond motifs is 1. The average Bonchev–Trinajstić information content (AvgIpc) is 3.39. The number of hydrogen-bond donors (Lipinski definition) is 2. The SMILES string of the molecule is O=C(c1cc(S(=O)(=O)NCc2nc3ccccc3s2)c[nH]1)N1CCCC1. The summed E-state index contributed by atoms with van der Waals surface area (Å²) in [5.41, 5.74) is 1.15. The summed E-state index contributed by atoms with van der Waals surface area (Å²) in [5.74, 6) is -0.157. The molecule has 3 aromatic rings. The highest BCUT2D eigenvalue weighted by Gasteiger charge is 2.23. The fraction of sp³-hybridized carbons (Fsp3) is 0.294. The molecule has 0 saturated carbocycles. The molecule has 1 aliphatic heterocycles. The quantitative estimate of drug-likeness (QED) is 0.699. The first-order valence-electron chi connectivity index (χ1n) is 8.35. The largest absolute Gasteiger partial charge is 0.356 e. The Hall–Kier alpha value is -2.23. The van der Waals surface area contributed by atoms with Crippen molar-refractivity contribution in [2.75, 3.05) is 13.1 Å². The Morgan fingerprint density at radius 2 is 2.04 bits per heavy atom. The Kier molecular flexibility index (Phi) is 4.51. The van der Waals surface area contributed by atoms with Crippen LogP contribution in [-0.2, 0) is 16.6 Å². The second kappa shape index (κ2) is 6.82. The van der Waals surface area contributed by atoms with Gasteiger partial charge in [0.1, 0.15) is 15.6 Å². The Morgan fingerprint density at radius 3 is 2.81 bits per heavy atom. The minimum Gasteiger partial charge on any atom is -0.356 e. The number of benzene rings is 1. The van der Waals surface area contributed by atoms with Gasteiger partial charge in [0.25, 0.3) is 5.91 Å². The molecule has 7 nitrogen and oxygen atoms in total. The van der Waals surface area contributed by atoms with Gasteiger partial charge in [0.15, 0.2) is 0 Å². The van der Waals surface area contributed by atoms with Crippen LogP contribution in [0.1, 0.15) is 28.3 Å². The maximum Gasteiger partial charge on any atom is 0.270 e. The van der Waals surface area contributed by atoms with Crippen molar-refractivity contribution >= 4 is 37.5 Å². The van der Waals surface area contributed by atoms with Gasteiger partial charge in [-0.3, -0.25) is 4.79 Å². The van der Waals surface area contributed by atoms with Crippen LogP contribution in [0.3, 0.4) is 0 Å². The van der Waals surface area contributed by atoms with Gasteiger partial charge in [0.05, 0.1) is 16.8 Å². The molecule has 1 saturated heterocycles. The van der Waals surface area contributed by atoms with Crippen LogP contribution < -0.4 is 4.72 Å². The van der Waals surface area contributed by atoms with Crippen LogP contribution in [0, 0.1) is 0 Å². The van der Waals surface area contributed by atoms with Crippen molar-refractivity contribution in [2.45, 2.75) is 24.3 Å². The number of amides is 1. The van der Waals surface area contributed by atoms with E-state index in [1.807, 2.05) is 24.3 Å². The second-order valence-corrected chi connectivity index (χ2v) is 9.03. The molecule has 0 aliphatic carbocycles. The van der Waals surface area contributed by atoms with E-state index in [4.69, 9.17) is 0 Å². The highest BCUT2D eigenvalue weighted by atomic mass is 32.2. The van der Waals surface area contributed by atoms with Crippen LogP contribution in [0.4, 0.5) is 0 Å². The molecule has 136 valence electrons. The lowest BCUT2D eigenvalue weighted by Crippen LogP contribution is -2.27. The van der Waals surface area contributed by atoms with Crippen LogP contribution in [0.5, 0.6) is 0 Å². The Labute approximate surface area is 155 Å². The van der Waals surface area contributed by atoms with Crippen LogP contribution in [0.2, 0.25) is 0 Å². The van der Waals surface area contributed by atoms with Crippen LogP contribution in [-0.4, -0.2) is 42.3 Å². The molecule has 0 spiro atoms. The molecule has 0 radical (unpaired) electrons. The number of carbonyl (C=O) groups is 1. The molecule has 2 N–H and O–H groups in total. The molecule has 1 amide bonds. The summed E-state index contributed by atoms with van der Waals surface area (Å²) in [5, 5.41) is 0.693. The molecule has 4 rings (SSSR count). The van der Waals surface area contributed by atoms with Gasteiger partial charge in [0, 0.05) is 19.3 Å². The van der Waals surface area contributed by atoms with Crippen LogP contribution >= 0.6 is 11.3 Å². The molecule has 0 bridgehead atoms. The van der Waals surface area contributed by atoms with Crippen molar-refractivity contribution in [3.63, 3.8) is 0 Å². The molecule has 1 aliphatic rings. The molecule has 9 heteroatoms. The second-order valence-electron chi connectivity index (χ2n) is 6.15. The molecular formula is C17H18N4O3S2. The molecule has 0 atom stereocenters. The number of carbonyl (C=O) groups excluding carboxylic acids is 1. The zero-order valence-electron chi connectivity index (χ0n) is 13.9. The minimum absolute atomic E-state index is 0.0566. The van der Waals surface area contributed by atoms with Crippen LogP contribution in [0.15, 0.2) is 41.4 Å². The lowest BCUT2D eigenvalue weighted by molar-refractivity contribution is 0.0787. The van der Waals surface area contributed by atoms with E-state index in [1.54, 1.807) is 4.90 Å². The van der Waals surface area contributed by atoms with E-state index in [1.165, 1.54) is 23.6 Å². The van der Waals surface area contributed by atoms with E-state index >= 15 is 0 Å². The summed E-state index contributed by atoms with van der Waals surface area (Å²) in [6.45, 7) is 1.55. The van der Waals surface area contributed by atoms with Gasteiger partial charge in [-0.15, -0.1) is 11.3 Å². The monoisotopic (exact) mass is 390 g/mol. The van der Waals surface area contributed by atoms with Gasteiger partial charge in [-0.1, -0.05) is 12.1 Å². The first kappa shape index (κ1) is 17.2.